The van der Waals surface area contributed by atoms with Gasteiger partial charge in [0.05, 0.1) is 5.75 Å². The average Bonchev–Trinajstić information content (AvgIpc) is 3.09. The number of fused-ring (bicyclic) bond motifs is 1. The molecule has 0 saturated heterocycles. The Bertz CT molecular complexity index is 835. The summed E-state index contributed by atoms with van der Waals surface area (Å²) >= 11 is 3.08. The highest BCUT2D eigenvalue weighted by molar-refractivity contribution is 8.00. The minimum Gasteiger partial charge on any atom is -0.349 e. The standard InChI is InChI=1S/C16H17N3OS2/c1-4-19-10(2)7-13(11(19)3)14(20)8-22-16-12-5-6-21-15(12)17-9-18-16/h5-7,9H,4,8H2,1-3H3. The Morgan fingerprint density at radius 1 is 1.36 bits per heavy atom. The van der Waals surface area contributed by atoms with E-state index in [2.05, 4.69) is 21.5 Å². The summed E-state index contributed by atoms with van der Waals surface area (Å²) in [7, 11) is 0. The minimum atomic E-state index is 0.153. The fourth-order valence-corrected chi connectivity index (χ4v) is 4.33. The summed E-state index contributed by atoms with van der Waals surface area (Å²) in [4.78, 5) is 22.0. The number of thiophene rings is 1. The number of Topliss-reactive ketones (excluding diaryl/α,β-unsaturated/α-hetero) is 1. The summed E-state index contributed by atoms with van der Waals surface area (Å²) in [5.41, 5.74) is 3.01. The number of aromatic nitrogens is 3. The highest BCUT2D eigenvalue weighted by Gasteiger charge is 2.16. The van der Waals surface area contributed by atoms with Crippen molar-refractivity contribution < 1.29 is 4.79 Å². The fraction of sp³-hybridized carbons (Fsp3) is 0.312. The number of hydrogen-bond donors (Lipinski definition) is 0. The van der Waals surface area contributed by atoms with Gasteiger partial charge in [-0.25, -0.2) is 9.97 Å². The molecule has 0 aliphatic heterocycles. The monoisotopic (exact) mass is 331 g/mol. The van der Waals surface area contributed by atoms with Crippen molar-refractivity contribution in [1.82, 2.24) is 14.5 Å². The molecule has 0 aromatic carbocycles. The zero-order valence-corrected chi connectivity index (χ0v) is 14.4. The average molecular weight is 331 g/mol. The van der Waals surface area contributed by atoms with E-state index in [4.69, 9.17) is 0 Å². The molecule has 6 heteroatoms. The predicted octanol–water partition coefficient (Wildman–Crippen LogP) is 4.10. The normalized spacial score (nSPS) is 11.2. The van der Waals surface area contributed by atoms with Gasteiger partial charge in [-0.3, -0.25) is 4.79 Å². The van der Waals surface area contributed by atoms with Crippen molar-refractivity contribution in [2.45, 2.75) is 32.3 Å². The Hall–Kier alpha value is -1.66. The van der Waals surface area contributed by atoms with Gasteiger partial charge in [0.1, 0.15) is 16.2 Å². The number of aryl methyl sites for hydroxylation is 1. The molecule has 3 heterocycles. The molecule has 0 amide bonds. The Morgan fingerprint density at radius 2 is 2.18 bits per heavy atom. The molecule has 22 heavy (non-hydrogen) atoms. The maximum Gasteiger partial charge on any atom is 0.174 e. The van der Waals surface area contributed by atoms with Gasteiger partial charge in [0.25, 0.3) is 0 Å². The van der Waals surface area contributed by atoms with Gasteiger partial charge in [-0.1, -0.05) is 11.8 Å². The van der Waals surface area contributed by atoms with Gasteiger partial charge in [-0.05, 0) is 38.3 Å². The van der Waals surface area contributed by atoms with Crippen molar-refractivity contribution in [2.75, 3.05) is 5.75 Å². The molecule has 0 fully saturated rings. The van der Waals surface area contributed by atoms with Crippen molar-refractivity contribution in [3.05, 3.63) is 40.8 Å². The topological polar surface area (TPSA) is 47.8 Å². The van der Waals surface area contributed by atoms with Crippen molar-refractivity contribution in [2.24, 2.45) is 0 Å². The summed E-state index contributed by atoms with van der Waals surface area (Å²) in [6, 6.07) is 4.00. The van der Waals surface area contributed by atoms with E-state index in [-0.39, 0.29) is 5.78 Å². The molecule has 0 bridgehead atoms. The van der Waals surface area contributed by atoms with Gasteiger partial charge in [0.15, 0.2) is 5.78 Å². The lowest BCUT2D eigenvalue weighted by Gasteiger charge is -2.05. The number of carbonyl (C=O) groups is 1. The van der Waals surface area contributed by atoms with Crippen molar-refractivity contribution >= 4 is 39.1 Å². The van der Waals surface area contributed by atoms with E-state index in [1.807, 2.05) is 31.4 Å². The smallest absolute Gasteiger partial charge is 0.174 e. The second-order valence-electron chi connectivity index (χ2n) is 5.06. The minimum absolute atomic E-state index is 0.153. The second kappa shape index (κ2) is 6.22. The van der Waals surface area contributed by atoms with Crippen molar-refractivity contribution in [1.29, 1.82) is 0 Å². The lowest BCUT2D eigenvalue weighted by atomic mass is 10.2. The number of rotatable bonds is 5. The molecule has 3 rings (SSSR count). The summed E-state index contributed by atoms with van der Waals surface area (Å²) in [6.07, 6.45) is 1.56. The van der Waals surface area contributed by atoms with Crippen LogP contribution in [0.1, 0.15) is 28.7 Å². The quantitative estimate of drug-likeness (QED) is 0.401. The van der Waals surface area contributed by atoms with Gasteiger partial charge in [-0.15, -0.1) is 11.3 Å². The van der Waals surface area contributed by atoms with Crippen molar-refractivity contribution in [3.63, 3.8) is 0 Å². The third kappa shape index (κ3) is 2.68. The fourth-order valence-electron chi connectivity index (χ4n) is 2.66. The second-order valence-corrected chi connectivity index (χ2v) is 6.92. The lowest BCUT2D eigenvalue weighted by molar-refractivity contribution is 0.102. The van der Waals surface area contributed by atoms with Crippen LogP contribution in [-0.2, 0) is 6.54 Å². The molecular formula is C16H17N3OS2. The highest BCUT2D eigenvalue weighted by Crippen LogP contribution is 2.28. The molecule has 0 atom stereocenters. The molecule has 114 valence electrons. The predicted molar refractivity (Wildman–Crippen MR) is 92.0 cm³/mol. The zero-order chi connectivity index (χ0) is 15.7. The molecule has 3 aromatic heterocycles. The number of carbonyl (C=O) groups excluding carboxylic acids is 1. The number of hydrogen-bond acceptors (Lipinski definition) is 5. The Balaban J connectivity index is 1.79. The molecule has 0 radical (unpaired) electrons. The van der Waals surface area contributed by atoms with E-state index >= 15 is 0 Å². The Morgan fingerprint density at radius 3 is 2.91 bits per heavy atom. The van der Waals surface area contributed by atoms with Gasteiger partial charge in [0.2, 0.25) is 0 Å². The van der Waals surface area contributed by atoms with Crippen LogP contribution in [0, 0.1) is 13.8 Å². The maximum absolute atomic E-state index is 12.5. The third-order valence-corrected chi connectivity index (χ3v) is 5.58. The molecule has 0 unspecified atom stereocenters. The van der Waals surface area contributed by atoms with Crippen LogP contribution in [0.15, 0.2) is 28.9 Å². The Labute approximate surface area is 137 Å². The van der Waals surface area contributed by atoms with E-state index in [9.17, 15) is 4.79 Å². The van der Waals surface area contributed by atoms with E-state index in [0.29, 0.717) is 5.75 Å². The van der Waals surface area contributed by atoms with Crippen LogP contribution in [0.4, 0.5) is 0 Å². The third-order valence-electron chi connectivity index (χ3n) is 3.76. The molecule has 0 aliphatic rings. The zero-order valence-electron chi connectivity index (χ0n) is 12.8. The first-order valence-electron chi connectivity index (χ1n) is 7.12. The molecule has 0 spiro atoms. The van der Waals surface area contributed by atoms with Crippen LogP contribution in [-0.4, -0.2) is 26.1 Å². The van der Waals surface area contributed by atoms with Gasteiger partial charge in [0, 0.05) is 28.9 Å². The van der Waals surface area contributed by atoms with Crippen LogP contribution in [0.25, 0.3) is 10.2 Å². The summed E-state index contributed by atoms with van der Waals surface area (Å²) in [5.74, 6) is 0.551. The van der Waals surface area contributed by atoms with Crippen LogP contribution in [0.5, 0.6) is 0 Å². The van der Waals surface area contributed by atoms with Crippen LogP contribution < -0.4 is 0 Å². The first-order valence-corrected chi connectivity index (χ1v) is 8.99. The first kappa shape index (κ1) is 15.2. The number of ketones is 1. The van der Waals surface area contributed by atoms with Gasteiger partial charge >= 0.3 is 0 Å². The van der Waals surface area contributed by atoms with Crippen LogP contribution in [0.2, 0.25) is 0 Å². The molecular weight excluding hydrogens is 314 g/mol. The van der Waals surface area contributed by atoms with Gasteiger partial charge < -0.3 is 4.57 Å². The maximum atomic E-state index is 12.5. The molecule has 3 aromatic rings. The van der Waals surface area contributed by atoms with Gasteiger partial charge in [-0.2, -0.15) is 0 Å². The molecule has 0 saturated carbocycles. The van der Waals surface area contributed by atoms with E-state index < -0.39 is 0 Å². The first-order chi connectivity index (χ1) is 10.6. The van der Waals surface area contributed by atoms with Crippen LogP contribution >= 0.6 is 23.1 Å². The van der Waals surface area contributed by atoms with E-state index in [1.165, 1.54) is 11.8 Å². The Kier molecular flexibility index (Phi) is 4.31. The number of thioether (sulfide) groups is 1. The van der Waals surface area contributed by atoms with Crippen LogP contribution in [0.3, 0.4) is 0 Å². The summed E-state index contributed by atoms with van der Waals surface area (Å²) in [5, 5.41) is 3.91. The lowest BCUT2D eigenvalue weighted by Crippen LogP contribution is -2.06. The van der Waals surface area contributed by atoms with E-state index in [1.54, 1.807) is 17.7 Å². The highest BCUT2D eigenvalue weighted by atomic mass is 32.2. The van der Waals surface area contributed by atoms with E-state index in [0.717, 1.165) is 38.7 Å². The summed E-state index contributed by atoms with van der Waals surface area (Å²) < 4.78 is 2.17. The molecule has 0 aliphatic carbocycles. The molecule has 0 N–H and O–H groups in total. The molecule has 4 nitrogen and oxygen atoms in total. The van der Waals surface area contributed by atoms with Crippen molar-refractivity contribution in [3.8, 4) is 0 Å². The largest absolute Gasteiger partial charge is 0.349 e. The number of nitrogens with zero attached hydrogens (tertiary/aromatic N) is 3. The summed E-state index contributed by atoms with van der Waals surface area (Å²) in [6.45, 7) is 7.03. The SMILES string of the molecule is CCn1c(C)cc(C(=O)CSc2ncnc3sccc23)c1C.